The van der Waals surface area contributed by atoms with Crippen LogP contribution in [0.15, 0.2) is 54.6 Å². The fourth-order valence-corrected chi connectivity index (χ4v) is 4.37. The van der Waals surface area contributed by atoms with E-state index < -0.39 is 7.00 Å². The highest BCUT2D eigenvalue weighted by Gasteiger charge is 2.33. The topological polar surface area (TPSA) is 26.3 Å². The Morgan fingerprint density at radius 3 is 2.11 bits per heavy atom. The maximum absolute atomic E-state index is 12.3. The Kier molecular flexibility index (Phi) is 5.00. The zero-order valence-corrected chi connectivity index (χ0v) is 12.7. The van der Waals surface area contributed by atoms with Crippen molar-refractivity contribution in [2.75, 3.05) is 13.4 Å². The summed E-state index contributed by atoms with van der Waals surface area (Å²) in [6, 6.07) is 17.8. The second kappa shape index (κ2) is 6.74. The van der Waals surface area contributed by atoms with Crippen molar-refractivity contribution in [3.8, 4) is 5.75 Å². The van der Waals surface area contributed by atoms with Gasteiger partial charge in [0.25, 0.3) is 0 Å². The van der Waals surface area contributed by atoms with Gasteiger partial charge in [0, 0.05) is 17.4 Å². The highest BCUT2D eigenvalue weighted by Crippen LogP contribution is 2.53. The predicted molar refractivity (Wildman–Crippen MR) is 82.4 cm³/mol. The molecule has 2 rings (SSSR count). The molecule has 0 fully saturated rings. The fourth-order valence-electron chi connectivity index (χ4n) is 1.96. The van der Waals surface area contributed by atoms with Gasteiger partial charge in [-0.25, -0.2) is 0 Å². The van der Waals surface area contributed by atoms with E-state index in [9.17, 15) is 4.57 Å². The van der Waals surface area contributed by atoms with Gasteiger partial charge < -0.3 is 4.74 Å². The van der Waals surface area contributed by atoms with E-state index in [1.807, 2.05) is 60.9 Å². The standard InChI is InChI=1S/C15H16O2PS/c1-17-14-10-8-13(9-11-14)15(18(16)19-2)12-6-4-3-5-7-12/h3-11,15H,1-2H3/q+1. The van der Waals surface area contributed by atoms with Crippen LogP contribution in [-0.4, -0.2) is 13.4 Å². The molecule has 0 aliphatic carbocycles. The van der Waals surface area contributed by atoms with Gasteiger partial charge in [-0.15, -0.1) is 0 Å². The van der Waals surface area contributed by atoms with Gasteiger partial charge in [-0.3, -0.25) is 0 Å². The monoisotopic (exact) mass is 291 g/mol. The van der Waals surface area contributed by atoms with Crippen LogP contribution < -0.4 is 4.74 Å². The molecule has 0 saturated heterocycles. The highest BCUT2D eigenvalue weighted by atomic mass is 32.7. The summed E-state index contributed by atoms with van der Waals surface area (Å²) in [6.45, 7) is 0. The van der Waals surface area contributed by atoms with Gasteiger partial charge in [-0.2, -0.15) is 0 Å². The molecule has 0 N–H and O–H groups in total. The Morgan fingerprint density at radius 1 is 1.00 bits per heavy atom. The van der Waals surface area contributed by atoms with E-state index in [4.69, 9.17) is 4.74 Å². The molecule has 0 aliphatic rings. The van der Waals surface area contributed by atoms with Crippen molar-refractivity contribution in [2.45, 2.75) is 5.66 Å². The first-order chi connectivity index (χ1) is 9.26. The van der Waals surface area contributed by atoms with Gasteiger partial charge in [-0.05, 0) is 12.1 Å². The molecule has 0 aliphatic heterocycles. The van der Waals surface area contributed by atoms with E-state index in [-0.39, 0.29) is 5.66 Å². The number of rotatable bonds is 5. The van der Waals surface area contributed by atoms with E-state index in [0.717, 1.165) is 16.9 Å². The number of benzene rings is 2. The lowest BCUT2D eigenvalue weighted by Crippen LogP contribution is -1.95. The Bertz CT molecular complexity index is 540. The van der Waals surface area contributed by atoms with Crippen molar-refractivity contribution in [1.82, 2.24) is 0 Å². The molecule has 2 atom stereocenters. The number of hydrogen-bond acceptors (Lipinski definition) is 3. The van der Waals surface area contributed by atoms with Crippen molar-refractivity contribution >= 4 is 18.4 Å². The van der Waals surface area contributed by atoms with E-state index in [0.29, 0.717) is 0 Å². The Morgan fingerprint density at radius 2 is 1.58 bits per heavy atom. The number of methoxy groups -OCH3 is 1. The van der Waals surface area contributed by atoms with E-state index in [1.54, 1.807) is 7.11 Å². The maximum atomic E-state index is 12.3. The summed E-state index contributed by atoms with van der Waals surface area (Å²) in [6.07, 6.45) is 1.89. The fraction of sp³-hybridized carbons (Fsp3) is 0.200. The van der Waals surface area contributed by atoms with E-state index >= 15 is 0 Å². The summed E-state index contributed by atoms with van der Waals surface area (Å²) >= 11 is 1.41. The Labute approximate surface area is 118 Å². The van der Waals surface area contributed by atoms with Gasteiger partial charge in [0.2, 0.25) is 5.66 Å². The van der Waals surface area contributed by atoms with E-state index in [2.05, 4.69) is 0 Å². The van der Waals surface area contributed by atoms with Crippen LogP contribution in [0.5, 0.6) is 5.75 Å². The number of ether oxygens (including phenoxy) is 1. The summed E-state index contributed by atoms with van der Waals surface area (Å²) in [5, 5.41) is 0. The van der Waals surface area contributed by atoms with Crippen LogP contribution in [-0.2, 0) is 4.57 Å². The largest absolute Gasteiger partial charge is 0.497 e. The van der Waals surface area contributed by atoms with Crippen LogP contribution in [0.1, 0.15) is 16.8 Å². The highest BCUT2D eigenvalue weighted by molar-refractivity contribution is 8.51. The molecule has 0 saturated carbocycles. The molecular weight excluding hydrogens is 275 g/mol. The van der Waals surface area contributed by atoms with E-state index in [1.165, 1.54) is 11.4 Å². The summed E-state index contributed by atoms with van der Waals surface area (Å²) in [5.41, 5.74) is 2.07. The lowest BCUT2D eigenvalue weighted by Gasteiger charge is -2.08. The van der Waals surface area contributed by atoms with Crippen LogP contribution in [0.3, 0.4) is 0 Å². The minimum Gasteiger partial charge on any atom is -0.497 e. The third-order valence-electron chi connectivity index (χ3n) is 2.94. The molecule has 0 heterocycles. The molecule has 0 amide bonds. The third kappa shape index (κ3) is 3.37. The smallest absolute Gasteiger partial charge is 0.422 e. The van der Waals surface area contributed by atoms with Crippen LogP contribution in [0.2, 0.25) is 0 Å². The minimum absolute atomic E-state index is 0.0721. The molecule has 98 valence electrons. The Hall–Kier alpha value is -1.31. The van der Waals surface area contributed by atoms with Crippen LogP contribution in [0.4, 0.5) is 0 Å². The lowest BCUT2D eigenvalue weighted by atomic mass is 10.0. The first-order valence-corrected chi connectivity index (χ1v) is 9.11. The summed E-state index contributed by atoms with van der Waals surface area (Å²) in [4.78, 5) is 0. The quantitative estimate of drug-likeness (QED) is 0.734. The normalized spacial score (nSPS) is 12.8. The summed E-state index contributed by atoms with van der Waals surface area (Å²) in [5.74, 6) is 0.815. The van der Waals surface area contributed by atoms with Crippen LogP contribution in [0.25, 0.3) is 0 Å². The molecular formula is C15H16O2PS+. The summed E-state index contributed by atoms with van der Waals surface area (Å²) < 4.78 is 17.5. The van der Waals surface area contributed by atoms with Gasteiger partial charge >= 0.3 is 7.00 Å². The second-order valence-electron chi connectivity index (χ2n) is 4.05. The second-order valence-corrected chi connectivity index (χ2v) is 7.68. The average Bonchev–Trinajstić information content (AvgIpc) is 2.49. The molecule has 0 aromatic heterocycles. The maximum Gasteiger partial charge on any atom is 0.422 e. The predicted octanol–water partition coefficient (Wildman–Crippen LogP) is 4.89. The molecule has 0 bridgehead atoms. The Balaban J connectivity index is 2.40. The zero-order chi connectivity index (χ0) is 13.7. The SMILES string of the molecule is COc1ccc(C(c2ccccc2)[P+](=O)SC)cc1. The average molecular weight is 291 g/mol. The molecule has 2 unspecified atom stereocenters. The number of hydrogen-bond donors (Lipinski definition) is 0. The molecule has 0 radical (unpaired) electrons. The van der Waals surface area contributed by atoms with Crippen molar-refractivity contribution < 1.29 is 9.30 Å². The van der Waals surface area contributed by atoms with Gasteiger partial charge in [0.05, 0.1) is 7.11 Å². The molecule has 2 aromatic rings. The van der Waals surface area contributed by atoms with Gasteiger partial charge in [0.15, 0.2) is 0 Å². The molecule has 0 spiro atoms. The molecule has 19 heavy (non-hydrogen) atoms. The van der Waals surface area contributed by atoms with Crippen LogP contribution >= 0.6 is 18.4 Å². The first-order valence-electron chi connectivity index (χ1n) is 5.95. The van der Waals surface area contributed by atoms with Crippen molar-refractivity contribution in [3.05, 3.63) is 65.7 Å². The van der Waals surface area contributed by atoms with Crippen molar-refractivity contribution in [2.24, 2.45) is 0 Å². The lowest BCUT2D eigenvalue weighted by molar-refractivity contribution is 0.414. The molecule has 4 heteroatoms. The first kappa shape index (κ1) is 14.1. The molecule has 2 nitrogen and oxygen atoms in total. The summed E-state index contributed by atoms with van der Waals surface area (Å²) in [7, 11) is 0.263. The van der Waals surface area contributed by atoms with Gasteiger partial charge in [0.1, 0.15) is 17.1 Å². The zero-order valence-electron chi connectivity index (χ0n) is 10.9. The molecule has 2 aromatic carbocycles. The van der Waals surface area contributed by atoms with Crippen LogP contribution in [0, 0.1) is 0 Å². The third-order valence-corrected chi connectivity index (χ3v) is 6.03. The van der Waals surface area contributed by atoms with Crippen molar-refractivity contribution in [1.29, 1.82) is 0 Å². The van der Waals surface area contributed by atoms with Gasteiger partial charge in [-0.1, -0.05) is 47.0 Å². The van der Waals surface area contributed by atoms with Crippen molar-refractivity contribution in [3.63, 3.8) is 0 Å². The minimum atomic E-state index is -1.38.